The Labute approximate surface area is 70.4 Å². The van der Waals surface area contributed by atoms with Crippen molar-refractivity contribution in [3.05, 3.63) is 24.3 Å². The maximum Gasteiger partial charge on any atom is 0.115 e. The highest BCUT2D eigenvalue weighted by Crippen LogP contribution is 2.32. The average molecular weight is 170 g/mol. The summed E-state index contributed by atoms with van der Waals surface area (Å²) in [5.74, 6) is 1.56. The van der Waals surface area contributed by atoms with Gasteiger partial charge in [0.1, 0.15) is 5.75 Å². The number of hydrogen-bond donors (Lipinski definition) is 2. The summed E-state index contributed by atoms with van der Waals surface area (Å²) in [6.07, 6.45) is 2.25. The Bertz CT molecular complexity index is 218. The third-order valence-corrected chi connectivity index (χ3v) is 3.89. The van der Waals surface area contributed by atoms with Crippen LogP contribution in [0.3, 0.4) is 0 Å². The van der Waals surface area contributed by atoms with Gasteiger partial charge >= 0.3 is 0 Å². The zero-order valence-corrected chi connectivity index (χ0v) is 7.81. The molecule has 1 aromatic rings. The van der Waals surface area contributed by atoms with Crippen LogP contribution in [0.2, 0.25) is 0 Å². The lowest BCUT2D eigenvalue weighted by molar-refractivity contribution is 0.475. The van der Waals surface area contributed by atoms with E-state index in [1.165, 1.54) is 10.6 Å². The van der Waals surface area contributed by atoms with Gasteiger partial charge in [-0.1, -0.05) is 6.92 Å². The van der Waals surface area contributed by atoms with E-state index in [0.29, 0.717) is 5.75 Å². The van der Waals surface area contributed by atoms with Crippen molar-refractivity contribution in [3.8, 4) is 5.75 Å². The van der Waals surface area contributed by atoms with Crippen molar-refractivity contribution in [1.82, 2.24) is 0 Å². The Morgan fingerprint density at radius 1 is 1.27 bits per heavy atom. The van der Waals surface area contributed by atoms with E-state index in [-0.39, 0.29) is 10.9 Å². The molecule has 0 saturated carbocycles. The number of rotatable bonds is 2. The zero-order chi connectivity index (χ0) is 8.27. The molecule has 0 amide bonds. The van der Waals surface area contributed by atoms with Gasteiger partial charge in [0.25, 0.3) is 0 Å². The molecule has 0 aliphatic rings. The minimum Gasteiger partial charge on any atom is -0.508 e. The van der Waals surface area contributed by atoms with Gasteiger partial charge in [0.15, 0.2) is 0 Å². The van der Waals surface area contributed by atoms with Crippen molar-refractivity contribution in [3.63, 3.8) is 0 Å². The lowest BCUT2D eigenvalue weighted by atomic mass is 10.3. The molecule has 0 spiro atoms. The van der Waals surface area contributed by atoms with E-state index in [4.69, 9.17) is 5.11 Å². The number of hydrogen-bond acceptors (Lipinski definition) is 1. The van der Waals surface area contributed by atoms with Crippen LogP contribution in [0.5, 0.6) is 5.75 Å². The molecule has 1 N–H and O–H groups in total. The van der Waals surface area contributed by atoms with E-state index in [0.717, 1.165) is 0 Å². The standard InChI is InChI=1S/C9H14OS/c1-3-11(2)9-6-4-8(10)5-7-9/h4-7,10-11H,3H2,1-2H3. The number of thiol groups is 1. The van der Waals surface area contributed by atoms with E-state index < -0.39 is 0 Å². The number of benzene rings is 1. The first-order valence-corrected chi connectivity index (χ1v) is 5.71. The van der Waals surface area contributed by atoms with Crippen LogP contribution in [0, 0.1) is 0 Å². The van der Waals surface area contributed by atoms with E-state index in [1.54, 1.807) is 12.1 Å². The predicted octanol–water partition coefficient (Wildman–Crippen LogP) is 2.40. The molecule has 0 fully saturated rings. The first-order chi connectivity index (χ1) is 5.24. The third-order valence-electron chi connectivity index (χ3n) is 1.76. The second kappa shape index (κ2) is 3.67. The van der Waals surface area contributed by atoms with Gasteiger partial charge in [-0.2, -0.15) is 0 Å². The summed E-state index contributed by atoms with van der Waals surface area (Å²) in [5.41, 5.74) is 0. The lowest BCUT2D eigenvalue weighted by Gasteiger charge is -2.12. The Hall–Kier alpha value is -0.630. The number of phenolic OH excluding ortho intramolecular Hbond substituents is 1. The van der Waals surface area contributed by atoms with Crippen LogP contribution < -0.4 is 0 Å². The van der Waals surface area contributed by atoms with Crippen molar-refractivity contribution in [2.75, 3.05) is 12.0 Å². The molecule has 1 aromatic carbocycles. The number of aromatic hydroxyl groups is 1. The van der Waals surface area contributed by atoms with Gasteiger partial charge in [0.2, 0.25) is 0 Å². The fraction of sp³-hybridized carbons (Fsp3) is 0.333. The summed E-state index contributed by atoms with van der Waals surface area (Å²) in [4.78, 5) is 1.36. The molecule has 1 unspecified atom stereocenters. The number of phenols is 1. The second-order valence-electron chi connectivity index (χ2n) is 2.53. The lowest BCUT2D eigenvalue weighted by Crippen LogP contribution is -1.82. The fourth-order valence-corrected chi connectivity index (χ4v) is 1.91. The van der Waals surface area contributed by atoms with E-state index in [1.807, 2.05) is 12.1 Å². The fourth-order valence-electron chi connectivity index (χ4n) is 0.890. The normalized spacial score (nSPS) is 14.5. The molecule has 11 heavy (non-hydrogen) atoms. The van der Waals surface area contributed by atoms with Crippen molar-refractivity contribution in [1.29, 1.82) is 0 Å². The van der Waals surface area contributed by atoms with Crippen LogP contribution in [0.25, 0.3) is 0 Å². The van der Waals surface area contributed by atoms with Crippen LogP contribution in [0.1, 0.15) is 6.92 Å². The van der Waals surface area contributed by atoms with Crippen LogP contribution in [0.15, 0.2) is 29.2 Å². The minimum absolute atomic E-state index is 0.00305. The zero-order valence-electron chi connectivity index (χ0n) is 6.91. The van der Waals surface area contributed by atoms with Crippen molar-refractivity contribution in [2.45, 2.75) is 11.8 Å². The van der Waals surface area contributed by atoms with E-state index >= 15 is 0 Å². The molecule has 0 bridgehead atoms. The van der Waals surface area contributed by atoms with Gasteiger partial charge in [-0.25, -0.2) is 10.9 Å². The first-order valence-electron chi connectivity index (χ1n) is 3.74. The maximum atomic E-state index is 9.02. The molecule has 0 radical (unpaired) electrons. The van der Waals surface area contributed by atoms with Crippen molar-refractivity contribution >= 4 is 10.9 Å². The molecule has 62 valence electrons. The SMILES string of the molecule is CC[SH](C)c1ccc(O)cc1. The summed E-state index contributed by atoms with van der Waals surface area (Å²) in [7, 11) is 0.00305. The summed E-state index contributed by atoms with van der Waals surface area (Å²) >= 11 is 0. The largest absolute Gasteiger partial charge is 0.508 e. The molecule has 0 aromatic heterocycles. The molecule has 0 aliphatic heterocycles. The Kier molecular flexibility index (Phi) is 2.83. The van der Waals surface area contributed by atoms with Gasteiger partial charge < -0.3 is 5.11 Å². The summed E-state index contributed by atoms with van der Waals surface area (Å²) in [5, 5.41) is 9.02. The van der Waals surface area contributed by atoms with Gasteiger partial charge in [0.05, 0.1) is 0 Å². The van der Waals surface area contributed by atoms with Crippen molar-refractivity contribution in [2.24, 2.45) is 0 Å². The van der Waals surface area contributed by atoms with Gasteiger partial charge in [-0.15, -0.1) is 0 Å². The van der Waals surface area contributed by atoms with Crippen molar-refractivity contribution < 1.29 is 5.11 Å². The molecule has 2 heteroatoms. The van der Waals surface area contributed by atoms with Gasteiger partial charge in [-0.3, -0.25) is 0 Å². The van der Waals surface area contributed by atoms with E-state index in [2.05, 4.69) is 13.2 Å². The summed E-state index contributed by atoms with van der Waals surface area (Å²) < 4.78 is 0. The van der Waals surface area contributed by atoms with Gasteiger partial charge in [0, 0.05) is 0 Å². The summed E-state index contributed by atoms with van der Waals surface area (Å²) in [6, 6.07) is 7.52. The monoisotopic (exact) mass is 170 g/mol. The Morgan fingerprint density at radius 3 is 2.27 bits per heavy atom. The molecule has 1 nitrogen and oxygen atoms in total. The second-order valence-corrected chi connectivity index (χ2v) is 5.08. The van der Waals surface area contributed by atoms with Gasteiger partial charge in [-0.05, 0) is 41.2 Å². The molecule has 0 heterocycles. The summed E-state index contributed by atoms with van der Waals surface area (Å²) in [6.45, 7) is 2.19. The Balaban J connectivity index is 2.81. The topological polar surface area (TPSA) is 20.2 Å². The average Bonchev–Trinajstić information content (AvgIpc) is 2.05. The molecular formula is C9H14OS. The first kappa shape index (κ1) is 8.47. The highest BCUT2D eigenvalue weighted by Gasteiger charge is 1.96. The Morgan fingerprint density at radius 2 is 1.82 bits per heavy atom. The highest BCUT2D eigenvalue weighted by atomic mass is 32.2. The highest BCUT2D eigenvalue weighted by molar-refractivity contribution is 8.16. The maximum absolute atomic E-state index is 9.02. The third kappa shape index (κ3) is 2.15. The molecular weight excluding hydrogens is 156 g/mol. The van der Waals surface area contributed by atoms with Crippen LogP contribution in [-0.2, 0) is 0 Å². The van der Waals surface area contributed by atoms with Crippen LogP contribution >= 0.6 is 10.9 Å². The van der Waals surface area contributed by atoms with Crippen LogP contribution in [0.4, 0.5) is 0 Å². The molecule has 0 saturated heterocycles. The molecule has 0 aliphatic carbocycles. The molecule has 1 rings (SSSR count). The minimum atomic E-state index is 0.00305. The molecule has 1 atom stereocenters. The smallest absolute Gasteiger partial charge is 0.115 e. The van der Waals surface area contributed by atoms with Crippen LogP contribution in [-0.4, -0.2) is 17.1 Å². The quantitative estimate of drug-likeness (QED) is 0.653. The van der Waals surface area contributed by atoms with E-state index in [9.17, 15) is 0 Å². The predicted molar refractivity (Wildman–Crippen MR) is 51.8 cm³/mol.